The van der Waals surface area contributed by atoms with Crippen molar-refractivity contribution < 1.29 is 17.6 Å². The predicted molar refractivity (Wildman–Crippen MR) is 63.5 cm³/mol. The number of hydrogen-bond donors (Lipinski definition) is 0. The van der Waals surface area contributed by atoms with E-state index in [-0.39, 0.29) is 0 Å². The molecule has 0 amide bonds. The summed E-state index contributed by atoms with van der Waals surface area (Å²) >= 11 is 0. The van der Waals surface area contributed by atoms with Crippen molar-refractivity contribution in [3.63, 3.8) is 0 Å². The van der Waals surface area contributed by atoms with Gasteiger partial charge in [0, 0.05) is 26.2 Å². The minimum Gasteiger partial charge on any atom is -0.354 e. The van der Waals surface area contributed by atoms with E-state index in [1.165, 1.54) is 24.0 Å². The first-order chi connectivity index (χ1) is 8.88. The lowest BCUT2D eigenvalue weighted by molar-refractivity contribution is -0.179. The van der Waals surface area contributed by atoms with Crippen molar-refractivity contribution in [2.75, 3.05) is 31.1 Å². The Labute approximate surface area is 108 Å². The van der Waals surface area contributed by atoms with Crippen LogP contribution in [0.1, 0.15) is 6.92 Å². The molecular weight excluding hydrogens is 262 g/mol. The summed E-state index contributed by atoms with van der Waals surface area (Å²) in [6.45, 7) is 2.73. The molecule has 7 heteroatoms. The quantitative estimate of drug-likeness (QED) is 0.773. The van der Waals surface area contributed by atoms with Crippen LogP contribution in [0.2, 0.25) is 0 Å². The Balaban J connectivity index is 1.94. The fraction of sp³-hybridized carbons (Fsp3) is 0.583. The first kappa shape index (κ1) is 14.0. The largest absolute Gasteiger partial charge is 0.403 e. The minimum atomic E-state index is -4.20. The van der Waals surface area contributed by atoms with Gasteiger partial charge in [0.1, 0.15) is 17.7 Å². The molecule has 0 radical (unpaired) electrons. The third kappa shape index (κ3) is 3.34. The Bertz CT molecular complexity index is 410. The Morgan fingerprint density at radius 2 is 1.79 bits per heavy atom. The number of piperazine rings is 1. The molecule has 0 aliphatic carbocycles. The third-order valence-electron chi connectivity index (χ3n) is 3.37. The van der Waals surface area contributed by atoms with Gasteiger partial charge in [0.15, 0.2) is 0 Å². The van der Waals surface area contributed by atoms with Gasteiger partial charge >= 0.3 is 6.18 Å². The van der Waals surface area contributed by atoms with Crippen LogP contribution in [0.3, 0.4) is 0 Å². The van der Waals surface area contributed by atoms with Crippen molar-refractivity contribution in [2.45, 2.75) is 19.1 Å². The SMILES string of the molecule is CC(N1CCN(c2ccc(F)cn2)CC1)C(F)(F)F. The summed E-state index contributed by atoms with van der Waals surface area (Å²) in [5.41, 5.74) is 0. The van der Waals surface area contributed by atoms with E-state index in [9.17, 15) is 17.6 Å². The van der Waals surface area contributed by atoms with Gasteiger partial charge < -0.3 is 4.90 Å². The number of rotatable bonds is 2. The summed E-state index contributed by atoms with van der Waals surface area (Å²) in [6.07, 6.45) is -3.09. The van der Waals surface area contributed by atoms with Gasteiger partial charge in [-0.2, -0.15) is 13.2 Å². The lowest BCUT2D eigenvalue weighted by Crippen LogP contribution is -2.53. The fourth-order valence-corrected chi connectivity index (χ4v) is 2.10. The number of halogens is 4. The van der Waals surface area contributed by atoms with Gasteiger partial charge in [-0.3, -0.25) is 4.90 Å². The summed E-state index contributed by atoms with van der Waals surface area (Å²) in [6, 6.07) is 1.40. The Morgan fingerprint density at radius 3 is 2.26 bits per heavy atom. The summed E-state index contributed by atoms with van der Waals surface area (Å²) in [7, 11) is 0. The van der Waals surface area contributed by atoms with E-state index in [2.05, 4.69) is 4.98 Å². The molecular formula is C12H15F4N3. The lowest BCUT2D eigenvalue weighted by atomic mass is 10.2. The van der Waals surface area contributed by atoms with Crippen molar-refractivity contribution in [3.8, 4) is 0 Å². The summed E-state index contributed by atoms with van der Waals surface area (Å²) in [4.78, 5) is 7.19. The van der Waals surface area contributed by atoms with E-state index in [0.717, 1.165) is 6.20 Å². The van der Waals surface area contributed by atoms with Gasteiger partial charge in [-0.15, -0.1) is 0 Å². The predicted octanol–water partition coefficient (Wildman–Crippen LogP) is 2.29. The normalized spacial score (nSPS) is 19.5. The van der Waals surface area contributed by atoms with E-state index in [1.807, 2.05) is 4.90 Å². The molecule has 0 bridgehead atoms. The summed E-state index contributed by atoms with van der Waals surface area (Å²) in [5.74, 6) is 0.175. The molecule has 1 saturated heterocycles. The Morgan fingerprint density at radius 1 is 1.16 bits per heavy atom. The fourth-order valence-electron chi connectivity index (χ4n) is 2.10. The van der Waals surface area contributed by atoms with Crippen LogP contribution in [0.5, 0.6) is 0 Å². The highest BCUT2D eigenvalue weighted by molar-refractivity contribution is 5.38. The van der Waals surface area contributed by atoms with Gasteiger partial charge in [0.2, 0.25) is 0 Å². The lowest BCUT2D eigenvalue weighted by Gasteiger charge is -2.38. The highest BCUT2D eigenvalue weighted by Gasteiger charge is 2.40. The van der Waals surface area contributed by atoms with Crippen LogP contribution >= 0.6 is 0 Å². The average molecular weight is 277 g/mol. The molecule has 0 saturated carbocycles. The standard InChI is InChI=1S/C12H15F4N3/c1-9(12(14,15)16)18-4-6-19(7-5-18)11-3-2-10(13)8-17-11/h2-3,8-9H,4-7H2,1H3. The first-order valence-electron chi connectivity index (χ1n) is 6.05. The average Bonchev–Trinajstić information content (AvgIpc) is 2.38. The molecule has 2 heterocycles. The molecule has 1 aliphatic rings. The van der Waals surface area contributed by atoms with E-state index >= 15 is 0 Å². The molecule has 19 heavy (non-hydrogen) atoms. The second-order valence-electron chi connectivity index (χ2n) is 4.58. The second-order valence-corrected chi connectivity index (χ2v) is 4.58. The van der Waals surface area contributed by atoms with Crippen LogP contribution in [0, 0.1) is 5.82 Å². The van der Waals surface area contributed by atoms with Crippen LogP contribution in [-0.4, -0.2) is 48.3 Å². The zero-order valence-corrected chi connectivity index (χ0v) is 10.5. The molecule has 0 aromatic carbocycles. The molecule has 1 atom stereocenters. The second kappa shape index (κ2) is 5.32. The van der Waals surface area contributed by atoms with Gasteiger partial charge in [0.05, 0.1) is 6.20 Å². The van der Waals surface area contributed by atoms with Gasteiger partial charge in [-0.05, 0) is 19.1 Å². The van der Waals surface area contributed by atoms with E-state index in [1.54, 1.807) is 0 Å². The van der Waals surface area contributed by atoms with E-state index in [4.69, 9.17) is 0 Å². The molecule has 1 unspecified atom stereocenters. The molecule has 1 aromatic heterocycles. The Kier molecular flexibility index (Phi) is 3.93. The molecule has 1 aliphatic heterocycles. The maximum atomic E-state index is 12.7. The van der Waals surface area contributed by atoms with Gasteiger partial charge in [-0.25, -0.2) is 9.37 Å². The van der Waals surface area contributed by atoms with Crippen LogP contribution in [-0.2, 0) is 0 Å². The first-order valence-corrected chi connectivity index (χ1v) is 6.05. The van der Waals surface area contributed by atoms with Crippen molar-refractivity contribution in [1.29, 1.82) is 0 Å². The van der Waals surface area contributed by atoms with Crippen LogP contribution in [0.4, 0.5) is 23.4 Å². The number of hydrogen-bond acceptors (Lipinski definition) is 3. The van der Waals surface area contributed by atoms with Gasteiger partial charge in [0.25, 0.3) is 0 Å². The molecule has 0 N–H and O–H groups in total. The topological polar surface area (TPSA) is 19.4 Å². The van der Waals surface area contributed by atoms with Crippen LogP contribution < -0.4 is 4.90 Å². The molecule has 0 spiro atoms. The van der Waals surface area contributed by atoms with E-state index in [0.29, 0.717) is 32.0 Å². The highest BCUT2D eigenvalue weighted by atomic mass is 19.4. The molecule has 1 fully saturated rings. The molecule has 106 valence electrons. The summed E-state index contributed by atoms with van der Waals surface area (Å²) in [5, 5.41) is 0. The number of alkyl halides is 3. The highest BCUT2D eigenvalue weighted by Crippen LogP contribution is 2.25. The molecule has 1 aromatic rings. The summed E-state index contributed by atoms with van der Waals surface area (Å²) < 4.78 is 50.5. The van der Waals surface area contributed by atoms with Crippen LogP contribution in [0.15, 0.2) is 18.3 Å². The van der Waals surface area contributed by atoms with Crippen molar-refractivity contribution in [1.82, 2.24) is 9.88 Å². The Hall–Kier alpha value is -1.37. The zero-order valence-electron chi connectivity index (χ0n) is 10.5. The van der Waals surface area contributed by atoms with Crippen LogP contribution in [0.25, 0.3) is 0 Å². The monoisotopic (exact) mass is 277 g/mol. The zero-order chi connectivity index (χ0) is 14.0. The third-order valence-corrected chi connectivity index (χ3v) is 3.37. The maximum absolute atomic E-state index is 12.7. The minimum absolute atomic E-state index is 0.319. The van der Waals surface area contributed by atoms with E-state index < -0.39 is 18.0 Å². The number of nitrogens with zero attached hydrogens (tertiary/aromatic N) is 3. The molecule has 2 rings (SSSR count). The van der Waals surface area contributed by atoms with Crippen molar-refractivity contribution in [2.24, 2.45) is 0 Å². The molecule has 3 nitrogen and oxygen atoms in total. The van der Waals surface area contributed by atoms with Gasteiger partial charge in [-0.1, -0.05) is 0 Å². The van der Waals surface area contributed by atoms with Crippen molar-refractivity contribution in [3.05, 3.63) is 24.1 Å². The maximum Gasteiger partial charge on any atom is 0.403 e. The number of pyridine rings is 1. The number of aromatic nitrogens is 1. The smallest absolute Gasteiger partial charge is 0.354 e. The van der Waals surface area contributed by atoms with Crippen molar-refractivity contribution >= 4 is 5.82 Å². The number of anilines is 1.